The molecule has 8 nitrogen and oxygen atoms in total. The molecule has 1 saturated carbocycles. The lowest BCUT2D eigenvalue weighted by molar-refractivity contribution is 0.484. The lowest BCUT2D eigenvalue weighted by Gasteiger charge is -2.46. The van der Waals surface area contributed by atoms with Crippen LogP contribution in [0.2, 0.25) is 0 Å². The predicted molar refractivity (Wildman–Crippen MR) is 297 cm³/mol. The molecule has 0 saturated heterocycles. The van der Waals surface area contributed by atoms with E-state index >= 15 is 0 Å². The van der Waals surface area contributed by atoms with E-state index in [0.717, 1.165) is 143 Å². The summed E-state index contributed by atoms with van der Waals surface area (Å²) in [6.07, 6.45) is 10.4. The molecule has 352 valence electrons. The number of hydrogen-bond acceptors (Lipinski definition) is 7. The molecule has 7 aromatic carbocycles. The van der Waals surface area contributed by atoms with Crippen molar-refractivity contribution in [3.8, 4) is 28.3 Å². The summed E-state index contributed by atoms with van der Waals surface area (Å²) < 4.78 is 0. The van der Waals surface area contributed by atoms with E-state index in [4.69, 9.17) is 9.97 Å². The Morgan fingerprint density at radius 2 is 0.877 bits per heavy atom. The Morgan fingerprint density at radius 1 is 0.466 bits per heavy atom. The summed E-state index contributed by atoms with van der Waals surface area (Å²) in [7, 11) is 0. The van der Waals surface area contributed by atoms with Gasteiger partial charge in [0.05, 0.1) is 98.8 Å². The highest BCUT2D eigenvalue weighted by atomic mass is 15.3. The monoisotopic (exact) mass is 944 g/mol. The van der Waals surface area contributed by atoms with Crippen molar-refractivity contribution in [2.75, 3.05) is 19.6 Å². The number of fused-ring (bicyclic) bond motifs is 9. The molecule has 2 atom stereocenters. The van der Waals surface area contributed by atoms with Gasteiger partial charge in [-0.05, 0) is 150 Å². The van der Waals surface area contributed by atoms with Crippen molar-refractivity contribution < 1.29 is 0 Å². The highest BCUT2D eigenvalue weighted by Crippen LogP contribution is 2.71. The fraction of sp³-hybridized carbons (Fsp3) is 0.169. The zero-order valence-corrected chi connectivity index (χ0v) is 41.9. The molecular weight excluding hydrogens is 893 g/mol. The number of nitriles is 1. The highest BCUT2D eigenvalue weighted by Gasteiger charge is 2.58. The van der Waals surface area contributed by atoms with E-state index in [2.05, 4.69) is 206 Å². The molecular formula is C65H52N8. The van der Waals surface area contributed by atoms with E-state index in [1.54, 1.807) is 0 Å². The number of rotatable bonds is 6. The van der Waals surface area contributed by atoms with Gasteiger partial charge in [-0.15, -0.1) is 0 Å². The molecule has 4 aliphatic rings. The van der Waals surface area contributed by atoms with Crippen molar-refractivity contribution >= 4 is 73.9 Å². The van der Waals surface area contributed by atoms with Crippen LogP contribution in [0, 0.1) is 45.6 Å². The van der Waals surface area contributed by atoms with Crippen LogP contribution in [0.3, 0.4) is 0 Å². The second-order valence-corrected chi connectivity index (χ2v) is 20.9. The van der Waals surface area contributed by atoms with Crippen molar-refractivity contribution in [1.82, 2.24) is 9.97 Å². The van der Waals surface area contributed by atoms with Crippen molar-refractivity contribution in [2.24, 2.45) is 0 Å². The maximum absolute atomic E-state index is 12.1. The average molecular weight is 945 g/mol. The summed E-state index contributed by atoms with van der Waals surface area (Å²) in [6, 6.07) is 54.2. The Balaban J connectivity index is 1.13. The number of anilines is 12. The SMILES string of the molecule is [C-]#[N+]c1c(C#N)c(N2c3ccncc3N(c3c(C)cccc3C)c3cc(-c4ccccc4)ccc32)c2c(c1N1c3ccncc3N(c3c(C)cccc3C)c3cc(-c4ccccc4)ccc31)C1(C)CCC2(C)C1. The molecule has 0 N–H and O–H groups in total. The minimum absolute atomic E-state index is 0.316. The molecule has 0 amide bonds. The van der Waals surface area contributed by atoms with Crippen LogP contribution >= 0.6 is 0 Å². The Morgan fingerprint density at radius 3 is 1.32 bits per heavy atom. The summed E-state index contributed by atoms with van der Waals surface area (Å²) in [4.78, 5) is 23.5. The largest absolute Gasteiger partial charge is 0.316 e. The summed E-state index contributed by atoms with van der Waals surface area (Å²) in [5.74, 6) is 0. The molecule has 2 bridgehead atoms. The molecule has 0 spiro atoms. The normalized spacial score (nSPS) is 17.8. The zero-order valence-electron chi connectivity index (χ0n) is 41.9. The van der Waals surface area contributed by atoms with E-state index in [1.807, 2.05) is 36.9 Å². The molecule has 2 unspecified atom stereocenters. The Hall–Kier alpha value is -8.98. The van der Waals surface area contributed by atoms with Gasteiger partial charge in [0.25, 0.3) is 0 Å². The van der Waals surface area contributed by atoms with Crippen molar-refractivity contribution in [2.45, 2.75) is 71.6 Å². The average Bonchev–Trinajstić information content (AvgIpc) is 3.86. The smallest absolute Gasteiger partial charge is 0.230 e. The highest BCUT2D eigenvalue weighted by molar-refractivity contribution is 6.10. The van der Waals surface area contributed by atoms with Gasteiger partial charge < -0.3 is 19.6 Å². The Labute approximate surface area is 427 Å². The number of aromatic nitrogens is 2. The third kappa shape index (κ3) is 6.36. The first-order chi connectivity index (χ1) is 35.5. The third-order valence-corrected chi connectivity index (χ3v) is 16.3. The number of pyridine rings is 2. The standard InChI is InChI=1S/C65H52N8/c1-40-16-14-17-41(2)60(40)72-53-34-46(44-20-10-8-11-21-44)24-26-49(53)70(51-28-32-68-37-55(51)72)62-48(36-66)59(67-7)63(58-57(62)64(5)30-31-65(58,6)39-64)71-50-27-25-47(45-22-12-9-13-23-45)35-54(50)73(56-38-69-33-29-52(56)71)61-42(3)18-15-19-43(61)4/h8-29,32-35,37-38H,30-31,39H2,1-6H3. The summed E-state index contributed by atoms with van der Waals surface area (Å²) in [5, 5.41) is 12.1. The van der Waals surface area contributed by atoms with Gasteiger partial charge in [-0.25, -0.2) is 4.85 Å². The lowest BCUT2D eigenvalue weighted by Crippen LogP contribution is -2.31. The molecule has 2 aromatic heterocycles. The molecule has 9 aromatic rings. The molecule has 8 heteroatoms. The minimum atomic E-state index is -0.317. The fourth-order valence-corrected chi connectivity index (χ4v) is 13.2. The van der Waals surface area contributed by atoms with Crippen LogP contribution in [0.4, 0.5) is 73.9 Å². The topological polar surface area (TPSA) is 66.9 Å². The Bertz CT molecular complexity index is 3580. The molecule has 2 aliphatic heterocycles. The number of para-hydroxylation sites is 2. The number of hydrogen-bond donors (Lipinski definition) is 0. The molecule has 13 rings (SSSR count). The van der Waals surface area contributed by atoms with E-state index in [0.29, 0.717) is 11.3 Å². The van der Waals surface area contributed by atoms with Crippen LogP contribution in [0.5, 0.6) is 0 Å². The van der Waals surface area contributed by atoms with Crippen molar-refractivity contribution in [3.63, 3.8) is 0 Å². The lowest BCUT2D eigenvalue weighted by atomic mass is 9.74. The van der Waals surface area contributed by atoms with E-state index in [-0.39, 0.29) is 10.8 Å². The van der Waals surface area contributed by atoms with Gasteiger partial charge >= 0.3 is 0 Å². The van der Waals surface area contributed by atoms with Gasteiger partial charge in [0.2, 0.25) is 5.69 Å². The van der Waals surface area contributed by atoms with Crippen molar-refractivity contribution in [3.05, 3.63) is 221 Å². The van der Waals surface area contributed by atoms with Crippen LogP contribution in [-0.4, -0.2) is 9.97 Å². The Kier molecular flexibility index (Phi) is 9.81. The minimum Gasteiger partial charge on any atom is -0.316 e. The van der Waals surface area contributed by atoms with Gasteiger partial charge in [0.15, 0.2) is 0 Å². The van der Waals surface area contributed by atoms with Gasteiger partial charge in [0, 0.05) is 12.4 Å². The van der Waals surface area contributed by atoms with Crippen LogP contribution in [0.25, 0.3) is 27.1 Å². The second kappa shape index (κ2) is 16.3. The number of benzene rings is 7. The maximum atomic E-state index is 12.1. The van der Waals surface area contributed by atoms with E-state index < -0.39 is 0 Å². The summed E-state index contributed by atoms with van der Waals surface area (Å²) in [5.41, 5.74) is 22.4. The first kappa shape index (κ1) is 44.0. The van der Waals surface area contributed by atoms with Crippen LogP contribution in [0.15, 0.2) is 170 Å². The first-order valence-corrected chi connectivity index (χ1v) is 25.2. The van der Waals surface area contributed by atoms with Gasteiger partial charge in [-0.3, -0.25) is 9.97 Å². The van der Waals surface area contributed by atoms with Crippen LogP contribution < -0.4 is 19.6 Å². The van der Waals surface area contributed by atoms with Gasteiger partial charge in [-0.1, -0.05) is 123 Å². The fourth-order valence-electron chi connectivity index (χ4n) is 13.2. The van der Waals surface area contributed by atoms with E-state index in [1.165, 1.54) is 0 Å². The maximum Gasteiger partial charge on any atom is 0.230 e. The third-order valence-electron chi connectivity index (χ3n) is 16.3. The number of aryl methyl sites for hydroxylation is 4. The van der Waals surface area contributed by atoms with Gasteiger partial charge in [0.1, 0.15) is 0 Å². The zero-order chi connectivity index (χ0) is 49.9. The van der Waals surface area contributed by atoms with E-state index in [9.17, 15) is 11.8 Å². The molecule has 1 fully saturated rings. The molecule has 73 heavy (non-hydrogen) atoms. The summed E-state index contributed by atoms with van der Waals surface area (Å²) >= 11 is 0. The molecule has 4 heterocycles. The van der Waals surface area contributed by atoms with Crippen LogP contribution in [0.1, 0.15) is 72.1 Å². The molecule has 0 radical (unpaired) electrons. The molecule has 2 aliphatic carbocycles. The number of nitrogens with zero attached hydrogens (tertiary/aromatic N) is 8. The summed E-state index contributed by atoms with van der Waals surface area (Å²) in [6.45, 7) is 22.9. The predicted octanol–water partition coefficient (Wildman–Crippen LogP) is 17.7. The second-order valence-electron chi connectivity index (χ2n) is 20.9. The quantitative estimate of drug-likeness (QED) is 0.154. The van der Waals surface area contributed by atoms with Crippen LogP contribution in [-0.2, 0) is 10.8 Å². The van der Waals surface area contributed by atoms with Crippen molar-refractivity contribution in [1.29, 1.82) is 5.26 Å². The van der Waals surface area contributed by atoms with Gasteiger partial charge in [-0.2, -0.15) is 5.26 Å². The first-order valence-electron chi connectivity index (χ1n) is 25.2.